The molecule has 0 aromatic heterocycles. The van der Waals surface area contributed by atoms with Crippen LogP contribution in [0.25, 0.3) is 0 Å². The van der Waals surface area contributed by atoms with Crippen LogP contribution in [0.4, 0.5) is 16.2 Å². The molecule has 2 amide bonds. The largest absolute Gasteiger partial charge is 0.383 e. The van der Waals surface area contributed by atoms with Gasteiger partial charge in [-0.15, -0.1) is 0 Å². The van der Waals surface area contributed by atoms with Crippen LogP contribution in [0, 0.1) is 0 Å². The average Bonchev–Trinajstić information content (AvgIpc) is 2.48. The molecule has 0 spiro atoms. The highest BCUT2D eigenvalue weighted by Gasteiger charge is 2.16. The Morgan fingerprint density at radius 2 is 2.19 bits per heavy atom. The maximum absolute atomic E-state index is 11.9. The number of hydrogen-bond donors (Lipinski definition) is 2. The fraction of sp³-hybridized carbons (Fsp3) is 0.500. The highest BCUT2D eigenvalue weighted by Crippen LogP contribution is 2.29. The molecule has 1 aliphatic heterocycles. The molecular weight excluding hydrogens is 294 g/mol. The van der Waals surface area contributed by atoms with Crippen LogP contribution in [-0.4, -0.2) is 52.6 Å². The van der Waals surface area contributed by atoms with E-state index in [1.165, 1.54) is 0 Å². The third-order valence-corrected chi connectivity index (χ3v) is 3.39. The number of nitrogens with one attached hydrogen (secondary N) is 2. The van der Waals surface area contributed by atoms with Crippen molar-refractivity contribution in [2.24, 2.45) is 0 Å². The maximum Gasteiger partial charge on any atom is 0.319 e. The molecule has 1 heterocycles. The van der Waals surface area contributed by atoms with Crippen LogP contribution in [0.5, 0.6) is 0 Å². The molecule has 21 heavy (non-hydrogen) atoms. The number of benzene rings is 1. The molecule has 2 rings (SSSR count). The van der Waals surface area contributed by atoms with E-state index in [0.29, 0.717) is 37.1 Å². The Morgan fingerprint density at radius 1 is 1.43 bits per heavy atom. The second-order valence-electron chi connectivity index (χ2n) is 4.63. The van der Waals surface area contributed by atoms with E-state index < -0.39 is 0 Å². The quantitative estimate of drug-likeness (QED) is 0.816. The molecule has 1 aliphatic rings. The van der Waals surface area contributed by atoms with Crippen molar-refractivity contribution >= 4 is 29.0 Å². The first-order valence-corrected chi connectivity index (χ1v) is 7.24. The van der Waals surface area contributed by atoms with Gasteiger partial charge >= 0.3 is 6.03 Å². The van der Waals surface area contributed by atoms with E-state index in [0.717, 1.165) is 18.8 Å². The molecule has 0 unspecified atom stereocenters. The van der Waals surface area contributed by atoms with Gasteiger partial charge in [-0.25, -0.2) is 4.79 Å². The van der Waals surface area contributed by atoms with Gasteiger partial charge in [0.15, 0.2) is 0 Å². The first-order chi connectivity index (χ1) is 10.2. The molecule has 1 aromatic rings. The Labute approximate surface area is 129 Å². The van der Waals surface area contributed by atoms with Gasteiger partial charge < -0.3 is 25.0 Å². The van der Waals surface area contributed by atoms with Gasteiger partial charge in [-0.1, -0.05) is 11.6 Å². The van der Waals surface area contributed by atoms with Crippen molar-refractivity contribution in [1.29, 1.82) is 0 Å². The number of methoxy groups -OCH3 is 1. The van der Waals surface area contributed by atoms with Crippen molar-refractivity contribution in [3.8, 4) is 0 Å². The summed E-state index contributed by atoms with van der Waals surface area (Å²) in [5, 5.41) is 6.14. The smallest absolute Gasteiger partial charge is 0.319 e. The molecule has 0 atom stereocenters. The molecule has 0 bridgehead atoms. The Balaban J connectivity index is 2.05. The third-order valence-electron chi connectivity index (χ3n) is 3.15. The summed E-state index contributed by atoms with van der Waals surface area (Å²) in [6, 6.07) is 5.21. The van der Waals surface area contributed by atoms with E-state index in [2.05, 4.69) is 15.5 Å². The molecule has 6 nitrogen and oxygen atoms in total. The zero-order valence-corrected chi connectivity index (χ0v) is 12.8. The van der Waals surface area contributed by atoms with Crippen LogP contribution in [0.1, 0.15) is 0 Å². The molecule has 1 fully saturated rings. The first-order valence-electron chi connectivity index (χ1n) is 6.87. The van der Waals surface area contributed by atoms with Gasteiger partial charge in [0.05, 0.1) is 31.2 Å². The SMILES string of the molecule is COCCNC(=O)Nc1cc(Cl)ccc1N1CCOCC1. The van der Waals surface area contributed by atoms with E-state index in [1.54, 1.807) is 13.2 Å². The van der Waals surface area contributed by atoms with Crippen molar-refractivity contribution in [2.75, 3.05) is 56.8 Å². The standard InChI is InChI=1S/C14H20ClN3O3/c1-20-7-4-16-14(19)17-12-10-11(15)2-3-13(12)18-5-8-21-9-6-18/h2-3,10H,4-9H2,1H3,(H2,16,17,19). The summed E-state index contributed by atoms with van der Waals surface area (Å²) in [7, 11) is 1.59. The number of hydrogen-bond acceptors (Lipinski definition) is 4. The number of rotatable bonds is 5. The van der Waals surface area contributed by atoms with Gasteiger partial charge in [0.2, 0.25) is 0 Å². The minimum absolute atomic E-state index is 0.274. The highest BCUT2D eigenvalue weighted by molar-refractivity contribution is 6.31. The molecule has 1 aromatic carbocycles. The minimum Gasteiger partial charge on any atom is -0.383 e. The number of urea groups is 1. The molecule has 116 valence electrons. The number of halogens is 1. The van der Waals surface area contributed by atoms with Crippen molar-refractivity contribution in [2.45, 2.75) is 0 Å². The lowest BCUT2D eigenvalue weighted by Crippen LogP contribution is -2.37. The predicted molar refractivity (Wildman–Crippen MR) is 83.4 cm³/mol. The number of nitrogens with zero attached hydrogens (tertiary/aromatic N) is 1. The van der Waals surface area contributed by atoms with E-state index in [4.69, 9.17) is 21.1 Å². The van der Waals surface area contributed by atoms with Gasteiger partial charge in [-0.2, -0.15) is 0 Å². The zero-order chi connectivity index (χ0) is 15.1. The number of anilines is 2. The third kappa shape index (κ3) is 4.77. The summed E-state index contributed by atoms with van der Waals surface area (Å²) in [5.41, 5.74) is 1.64. The normalized spacial score (nSPS) is 14.9. The number of carbonyl (C=O) groups excluding carboxylic acids is 1. The number of amides is 2. The Kier molecular flexibility index (Phi) is 6.10. The number of carbonyl (C=O) groups is 1. The van der Waals surface area contributed by atoms with Gasteiger partial charge in [0.1, 0.15) is 0 Å². The Morgan fingerprint density at radius 3 is 2.90 bits per heavy atom. The molecule has 0 radical (unpaired) electrons. The monoisotopic (exact) mass is 313 g/mol. The maximum atomic E-state index is 11.9. The molecule has 0 saturated carbocycles. The highest BCUT2D eigenvalue weighted by atomic mass is 35.5. The predicted octanol–water partition coefficient (Wildman–Crippen LogP) is 1.94. The van der Waals surface area contributed by atoms with Crippen LogP contribution in [-0.2, 0) is 9.47 Å². The summed E-state index contributed by atoms with van der Waals surface area (Å²) in [5.74, 6) is 0. The van der Waals surface area contributed by atoms with Crippen molar-refractivity contribution in [1.82, 2.24) is 5.32 Å². The van der Waals surface area contributed by atoms with Crippen LogP contribution >= 0.6 is 11.6 Å². The second kappa shape index (κ2) is 8.07. The van der Waals surface area contributed by atoms with E-state index in [9.17, 15) is 4.79 Å². The number of ether oxygens (including phenoxy) is 2. The fourth-order valence-electron chi connectivity index (χ4n) is 2.12. The molecule has 2 N–H and O–H groups in total. The molecule has 7 heteroatoms. The summed E-state index contributed by atoms with van der Waals surface area (Å²) in [6.07, 6.45) is 0. The van der Waals surface area contributed by atoms with Crippen LogP contribution in [0.2, 0.25) is 5.02 Å². The Hall–Kier alpha value is -1.50. The summed E-state index contributed by atoms with van der Waals surface area (Å²) < 4.78 is 10.2. The fourth-order valence-corrected chi connectivity index (χ4v) is 2.29. The lowest BCUT2D eigenvalue weighted by molar-refractivity contribution is 0.123. The van der Waals surface area contributed by atoms with Gasteiger partial charge in [-0.05, 0) is 18.2 Å². The van der Waals surface area contributed by atoms with Crippen molar-refractivity contribution < 1.29 is 14.3 Å². The van der Waals surface area contributed by atoms with Gasteiger partial charge in [-0.3, -0.25) is 0 Å². The first kappa shape index (κ1) is 15.9. The van der Waals surface area contributed by atoms with Crippen LogP contribution < -0.4 is 15.5 Å². The van der Waals surface area contributed by atoms with Crippen molar-refractivity contribution in [3.63, 3.8) is 0 Å². The topological polar surface area (TPSA) is 62.8 Å². The van der Waals surface area contributed by atoms with Crippen LogP contribution in [0.15, 0.2) is 18.2 Å². The van der Waals surface area contributed by atoms with Gasteiger partial charge in [0.25, 0.3) is 0 Å². The molecular formula is C14H20ClN3O3. The van der Waals surface area contributed by atoms with Crippen LogP contribution in [0.3, 0.4) is 0 Å². The zero-order valence-electron chi connectivity index (χ0n) is 12.0. The minimum atomic E-state index is -0.274. The van der Waals surface area contributed by atoms with E-state index >= 15 is 0 Å². The second-order valence-corrected chi connectivity index (χ2v) is 5.07. The van der Waals surface area contributed by atoms with E-state index in [-0.39, 0.29) is 6.03 Å². The number of morpholine rings is 1. The average molecular weight is 314 g/mol. The lowest BCUT2D eigenvalue weighted by Gasteiger charge is -2.30. The van der Waals surface area contributed by atoms with Gasteiger partial charge in [0, 0.05) is 31.8 Å². The Bertz CT molecular complexity index is 479. The summed E-state index contributed by atoms with van der Waals surface area (Å²) >= 11 is 6.03. The summed E-state index contributed by atoms with van der Waals surface area (Å²) in [6.45, 7) is 3.88. The van der Waals surface area contributed by atoms with E-state index in [1.807, 2.05) is 12.1 Å². The molecule has 0 aliphatic carbocycles. The summed E-state index contributed by atoms with van der Waals surface area (Å²) in [4.78, 5) is 14.0. The molecule has 1 saturated heterocycles. The van der Waals surface area contributed by atoms with Crippen molar-refractivity contribution in [3.05, 3.63) is 23.2 Å². The lowest BCUT2D eigenvalue weighted by atomic mass is 10.2.